The van der Waals surface area contributed by atoms with Crippen LogP contribution in [0.2, 0.25) is 5.02 Å². The largest absolute Gasteiger partial charge is 0.289 e. The number of rotatable bonds is 2. The molecule has 0 fully saturated rings. The maximum absolute atomic E-state index is 12.3. The maximum Gasteiger partial charge on any atom is 0.194 e. The van der Waals surface area contributed by atoms with E-state index in [0.29, 0.717) is 16.1 Å². The van der Waals surface area contributed by atoms with Crippen molar-refractivity contribution in [3.63, 3.8) is 0 Å². The standard InChI is InChI=1S/C16H10ClNO/c17-14-6-3-5-12(9-14)16(19)13-8-11-4-1-2-7-15(11)18-10-13/h1-10H. The lowest BCUT2D eigenvalue weighted by molar-refractivity contribution is 0.103. The average Bonchev–Trinajstić information content (AvgIpc) is 2.46. The molecule has 0 aliphatic carbocycles. The quantitative estimate of drug-likeness (QED) is 0.654. The molecule has 0 spiro atoms. The highest BCUT2D eigenvalue weighted by Crippen LogP contribution is 2.18. The van der Waals surface area contributed by atoms with Crippen LogP contribution in [0, 0.1) is 0 Å². The Morgan fingerprint density at radius 1 is 0.947 bits per heavy atom. The molecule has 3 heteroatoms. The van der Waals surface area contributed by atoms with Gasteiger partial charge in [0, 0.05) is 27.7 Å². The molecule has 0 atom stereocenters. The van der Waals surface area contributed by atoms with E-state index in [-0.39, 0.29) is 5.78 Å². The van der Waals surface area contributed by atoms with Crippen LogP contribution in [0.4, 0.5) is 0 Å². The van der Waals surface area contributed by atoms with Crippen LogP contribution in [0.1, 0.15) is 15.9 Å². The summed E-state index contributed by atoms with van der Waals surface area (Å²) >= 11 is 5.90. The van der Waals surface area contributed by atoms with Gasteiger partial charge in [-0.15, -0.1) is 0 Å². The predicted octanol–water partition coefficient (Wildman–Crippen LogP) is 4.12. The number of nitrogens with zero attached hydrogens (tertiary/aromatic N) is 1. The van der Waals surface area contributed by atoms with Crippen molar-refractivity contribution in [2.45, 2.75) is 0 Å². The van der Waals surface area contributed by atoms with Gasteiger partial charge in [-0.3, -0.25) is 9.78 Å². The highest BCUT2D eigenvalue weighted by Gasteiger charge is 2.10. The molecule has 2 nitrogen and oxygen atoms in total. The lowest BCUT2D eigenvalue weighted by atomic mass is 10.0. The van der Waals surface area contributed by atoms with Gasteiger partial charge in [0.2, 0.25) is 0 Å². The number of fused-ring (bicyclic) bond motifs is 1. The monoisotopic (exact) mass is 267 g/mol. The third-order valence-electron chi connectivity index (χ3n) is 2.94. The molecule has 0 saturated carbocycles. The van der Waals surface area contributed by atoms with Gasteiger partial charge < -0.3 is 0 Å². The summed E-state index contributed by atoms with van der Waals surface area (Å²) < 4.78 is 0. The third-order valence-corrected chi connectivity index (χ3v) is 3.17. The number of ketones is 1. The van der Waals surface area contributed by atoms with Crippen molar-refractivity contribution in [2.24, 2.45) is 0 Å². The number of carbonyl (C=O) groups excluding carboxylic acids is 1. The summed E-state index contributed by atoms with van der Waals surface area (Å²) in [5, 5.41) is 1.51. The van der Waals surface area contributed by atoms with Gasteiger partial charge in [-0.2, -0.15) is 0 Å². The minimum absolute atomic E-state index is 0.0687. The second-order valence-corrected chi connectivity index (χ2v) is 4.69. The summed E-state index contributed by atoms with van der Waals surface area (Å²) in [4.78, 5) is 16.6. The minimum atomic E-state index is -0.0687. The van der Waals surface area contributed by atoms with E-state index in [1.54, 1.807) is 30.5 Å². The van der Waals surface area contributed by atoms with Crippen molar-refractivity contribution >= 4 is 28.3 Å². The molecular weight excluding hydrogens is 258 g/mol. The number of hydrogen-bond donors (Lipinski definition) is 0. The average molecular weight is 268 g/mol. The SMILES string of the molecule is O=C(c1cccc(Cl)c1)c1cnc2ccccc2c1. The number of para-hydroxylation sites is 1. The maximum atomic E-state index is 12.3. The van der Waals surface area contributed by atoms with Gasteiger partial charge in [-0.25, -0.2) is 0 Å². The van der Waals surface area contributed by atoms with Crippen molar-refractivity contribution < 1.29 is 4.79 Å². The predicted molar refractivity (Wildman–Crippen MR) is 76.6 cm³/mol. The lowest BCUT2D eigenvalue weighted by Gasteiger charge is -2.03. The second kappa shape index (κ2) is 4.82. The van der Waals surface area contributed by atoms with Crippen LogP contribution in [-0.4, -0.2) is 10.8 Å². The van der Waals surface area contributed by atoms with E-state index in [4.69, 9.17) is 11.6 Å². The molecule has 2 aromatic carbocycles. The highest BCUT2D eigenvalue weighted by atomic mass is 35.5. The zero-order valence-electron chi connectivity index (χ0n) is 10.0. The smallest absolute Gasteiger partial charge is 0.194 e. The Morgan fingerprint density at radius 3 is 2.63 bits per heavy atom. The minimum Gasteiger partial charge on any atom is -0.289 e. The molecule has 3 rings (SSSR count). The lowest BCUT2D eigenvalue weighted by Crippen LogP contribution is -2.01. The van der Waals surface area contributed by atoms with Gasteiger partial charge in [0.05, 0.1) is 5.52 Å². The van der Waals surface area contributed by atoms with E-state index in [1.807, 2.05) is 30.3 Å². The Morgan fingerprint density at radius 2 is 1.79 bits per heavy atom. The van der Waals surface area contributed by atoms with Crippen LogP contribution in [0.25, 0.3) is 10.9 Å². The van der Waals surface area contributed by atoms with Crippen molar-refractivity contribution in [3.8, 4) is 0 Å². The van der Waals surface area contributed by atoms with E-state index < -0.39 is 0 Å². The molecule has 0 unspecified atom stereocenters. The van der Waals surface area contributed by atoms with Gasteiger partial charge in [0.1, 0.15) is 0 Å². The molecule has 92 valence electrons. The molecule has 0 bridgehead atoms. The summed E-state index contributed by atoms with van der Waals surface area (Å²) in [6.45, 7) is 0. The van der Waals surface area contributed by atoms with Gasteiger partial charge >= 0.3 is 0 Å². The Bertz CT molecular complexity index is 767. The topological polar surface area (TPSA) is 30.0 Å². The summed E-state index contributed by atoms with van der Waals surface area (Å²) in [6.07, 6.45) is 1.60. The second-order valence-electron chi connectivity index (χ2n) is 4.26. The number of hydrogen-bond acceptors (Lipinski definition) is 2. The first-order chi connectivity index (χ1) is 9.24. The third kappa shape index (κ3) is 2.35. The van der Waals surface area contributed by atoms with Crippen LogP contribution >= 0.6 is 11.6 Å². The zero-order chi connectivity index (χ0) is 13.2. The van der Waals surface area contributed by atoms with Crippen LogP contribution in [0.15, 0.2) is 60.8 Å². The van der Waals surface area contributed by atoms with Crippen LogP contribution < -0.4 is 0 Å². The Hall–Kier alpha value is -2.19. The highest BCUT2D eigenvalue weighted by molar-refractivity contribution is 6.31. The van der Waals surface area contributed by atoms with E-state index in [1.165, 1.54) is 0 Å². The molecule has 1 aromatic heterocycles. The van der Waals surface area contributed by atoms with E-state index in [9.17, 15) is 4.79 Å². The fourth-order valence-corrected chi connectivity index (χ4v) is 2.18. The van der Waals surface area contributed by atoms with Gasteiger partial charge in [0.25, 0.3) is 0 Å². The number of benzene rings is 2. The fourth-order valence-electron chi connectivity index (χ4n) is 1.99. The Kier molecular flexibility index (Phi) is 3.02. The first-order valence-corrected chi connectivity index (χ1v) is 6.27. The van der Waals surface area contributed by atoms with E-state index >= 15 is 0 Å². The van der Waals surface area contributed by atoms with Crippen molar-refractivity contribution in [2.75, 3.05) is 0 Å². The Labute approximate surface area is 115 Å². The first-order valence-electron chi connectivity index (χ1n) is 5.89. The van der Waals surface area contributed by atoms with E-state index in [0.717, 1.165) is 10.9 Å². The van der Waals surface area contributed by atoms with Gasteiger partial charge in [0.15, 0.2) is 5.78 Å². The molecule has 0 amide bonds. The van der Waals surface area contributed by atoms with Crippen LogP contribution in [-0.2, 0) is 0 Å². The number of aromatic nitrogens is 1. The van der Waals surface area contributed by atoms with Crippen molar-refractivity contribution in [1.82, 2.24) is 4.98 Å². The molecule has 0 aliphatic heterocycles. The van der Waals surface area contributed by atoms with Gasteiger partial charge in [-0.1, -0.05) is 41.9 Å². The number of halogens is 1. The molecule has 3 aromatic rings. The van der Waals surface area contributed by atoms with Crippen molar-refractivity contribution in [1.29, 1.82) is 0 Å². The molecule has 0 saturated heterocycles. The summed E-state index contributed by atoms with van der Waals surface area (Å²) in [6, 6.07) is 16.5. The summed E-state index contributed by atoms with van der Waals surface area (Å²) in [7, 11) is 0. The molecule has 1 heterocycles. The van der Waals surface area contributed by atoms with Gasteiger partial charge in [-0.05, 0) is 24.3 Å². The molecular formula is C16H10ClNO. The molecule has 19 heavy (non-hydrogen) atoms. The number of pyridine rings is 1. The normalized spacial score (nSPS) is 10.6. The van der Waals surface area contributed by atoms with E-state index in [2.05, 4.69) is 4.98 Å². The molecule has 0 N–H and O–H groups in total. The van der Waals surface area contributed by atoms with Crippen LogP contribution in [0.3, 0.4) is 0 Å². The van der Waals surface area contributed by atoms with Crippen LogP contribution in [0.5, 0.6) is 0 Å². The summed E-state index contributed by atoms with van der Waals surface area (Å²) in [5.74, 6) is -0.0687. The fraction of sp³-hybridized carbons (Fsp3) is 0. The zero-order valence-corrected chi connectivity index (χ0v) is 10.8. The number of carbonyl (C=O) groups is 1. The van der Waals surface area contributed by atoms with Crippen molar-refractivity contribution in [3.05, 3.63) is 76.9 Å². The summed E-state index contributed by atoms with van der Waals surface area (Å²) in [5.41, 5.74) is 2.02. The Balaban J connectivity index is 2.06. The first kappa shape index (κ1) is 11.9. The molecule has 0 radical (unpaired) electrons. The molecule has 0 aliphatic rings.